The average Bonchev–Trinajstić information content (AvgIpc) is 2.45. The highest BCUT2D eigenvalue weighted by Crippen LogP contribution is 2.31. The lowest BCUT2D eigenvalue weighted by Crippen LogP contribution is -2.52. The molecular weight excluding hydrogens is 268 g/mol. The lowest BCUT2D eigenvalue weighted by Gasteiger charge is -2.37. The van der Waals surface area contributed by atoms with Crippen LogP contribution in [0.1, 0.15) is 38.2 Å². The first kappa shape index (κ1) is 15.4. The molecule has 110 valence electrons. The fraction of sp³-hybridized carbons (Fsp3) is 0.562. The van der Waals surface area contributed by atoms with Crippen LogP contribution in [-0.4, -0.2) is 17.7 Å². The van der Waals surface area contributed by atoms with Gasteiger partial charge in [0.1, 0.15) is 0 Å². The van der Waals surface area contributed by atoms with Crippen molar-refractivity contribution in [1.82, 2.24) is 5.32 Å². The van der Waals surface area contributed by atoms with E-state index in [9.17, 15) is 4.79 Å². The SMILES string of the molecule is CSc1ccc(CNC(=O)C2CCCCC2(C)N)cc1. The second-order valence-corrected chi connectivity index (χ2v) is 6.75. The molecular formula is C16H24N2OS. The monoisotopic (exact) mass is 292 g/mol. The molecule has 0 spiro atoms. The fourth-order valence-electron chi connectivity index (χ4n) is 2.84. The van der Waals surface area contributed by atoms with Gasteiger partial charge in [0.2, 0.25) is 5.91 Å². The maximum absolute atomic E-state index is 12.3. The number of nitrogens with one attached hydrogen (secondary N) is 1. The van der Waals surface area contributed by atoms with Crippen molar-refractivity contribution in [2.45, 2.75) is 49.6 Å². The Labute approximate surface area is 125 Å². The van der Waals surface area contributed by atoms with Crippen LogP contribution in [0, 0.1) is 5.92 Å². The number of amides is 1. The van der Waals surface area contributed by atoms with Crippen LogP contribution >= 0.6 is 11.8 Å². The van der Waals surface area contributed by atoms with E-state index in [0.29, 0.717) is 6.54 Å². The summed E-state index contributed by atoms with van der Waals surface area (Å²) in [6.45, 7) is 2.59. The molecule has 0 bridgehead atoms. The van der Waals surface area contributed by atoms with Gasteiger partial charge in [-0.2, -0.15) is 0 Å². The first-order chi connectivity index (χ1) is 9.53. The maximum atomic E-state index is 12.3. The van der Waals surface area contributed by atoms with Gasteiger partial charge in [-0.25, -0.2) is 0 Å². The van der Waals surface area contributed by atoms with E-state index in [1.165, 1.54) is 4.90 Å². The number of hydrogen-bond donors (Lipinski definition) is 2. The van der Waals surface area contributed by atoms with Crippen molar-refractivity contribution >= 4 is 17.7 Å². The summed E-state index contributed by atoms with van der Waals surface area (Å²) in [5, 5.41) is 3.04. The molecule has 2 atom stereocenters. The van der Waals surface area contributed by atoms with E-state index in [1.807, 2.05) is 6.92 Å². The molecule has 3 N–H and O–H groups in total. The highest BCUT2D eigenvalue weighted by atomic mass is 32.2. The molecule has 20 heavy (non-hydrogen) atoms. The van der Waals surface area contributed by atoms with Crippen molar-refractivity contribution in [3.8, 4) is 0 Å². The topological polar surface area (TPSA) is 55.1 Å². The van der Waals surface area contributed by atoms with Gasteiger partial charge < -0.3 is 11.1 Å². The van der Waals surface area contributed by atoms with Crippen LogP contribution in [0.3, 0.4) is 0 Å². The smallest absolute Gasteiger partial charge is 0.225 e. The van der Waals surface area contributed by atoms with Crippen molar-refractivity contribution in [3.63, 3.8) is 0 Å². The molecule has 1 aliphatic carbocycles. The molecule has 2 rings (SSSR count). The largest absolute Gasteiger partial charge is 0.352 e. The molecule has 1 saturated carbocycles. The quantitative estimate of drug-likeness (QED) is 0.839. The van der Waals surface area contributed by atoms with E-state index in [-0.39, 0.29) is 17.4 Å². The Bertz CT molecular complexity index is 456. The molecule has 3 nitrogen and oxygen atoms in total. The van der Waals surface area contributed by atoms with Gasteiger partial charge >= 0.3 is 0 Å². The van der Waals surface area contributed by atoms with Gasteiger partial charge in [0, 0.05) is 17.0 Å². The van der Waals surface area contributed by atoms with Crippen LogP contribution in [0.2, 0.25) is 0 Å². The molecule has 4 heteroatoms. The van der Waals surface area contributed by atoms with E-state index in [1.54, 1.807) is 11.8 Å². The normalized spacial score (nSPS) is 26.2. The minimum absolute atomic E-state index is 0.0540. The summed E-state index contributed by atoms with van der Waals surface area (Å²) in [7, 11) is 0. The Hall–Kier alpha value is -1.00. The molecule has 1 aliphatic rings. The Balaban J connectivity index is 1.90. The van der Waals surface area contributed by atoms with Crippen LogP contribution in [0.15, 0.2) is 29.2 Å². The van der Waals surface area contributed by atoms with Gasteiger partial charge in [-0.1, -0.05) is 25.0 Å². The van der Waals surface area contributed by atoms with E-state index < -0.39 is 0 Å². The maximum Gasteiger partial charge on any atom is 0.225 e. The van der Waals surface area contributed by atoms with Gasteiger partial charge in [0.15, 0.2) is 0 Å². The van der Waals surface area contributed by atoms with E-state index in [0.717, 1.165) is 31.2 Å². The first-order valence-corrected chi connectivity index (χ1v) is 8.45. The number of thioether (sulfide) groups is 1. The number of carbonyl (C=O) groups excluding carboxylic acids is 1. The summed E-state index contributed by atoms with van der Waals surface area (Å²) in [5.41, 5.74) is 7.04. The second kappa shape index (κ2) is 6.64. The van der Waals surface area contributed by atoms with Gasteiger partial charge in [-0.3, -0.25) is 4.79 Å². The third-order valence-electron chi connectivity index (χ3n) is 4.20. The van der Waals surface area contributed by atoms with Crippen LogP contribution in [0.25, 0.3) is 0 Å². The Morgan fingerprint density at radius 1 is 1.40 bits per heavy atom. The van der Waals surface area contributed by atoms with Crippen LogP contribution in [-0.2, 0) is 11.3 Å². The van der Waals surface area contributed by atoms with Gasteiger partial charge in [0.25, 0.3) is 0 Å². The molecule has 1 fully saturated rings. The first-order valence-electron chi connectivity index (χ1n) is 7.22. The summed E-state index contributed by atoms with van der Waals surface area (Å²) in [6.07, 6.45) is 6.14. The third-order valence-corrected chi connectivity index (χ3v) is 4.94. The molecule has 0 saturated heterocycles. The molecule has 0 aromatic heterocycles. The van der Waals surface area contributed by atoms with Crippen LogP contribution < -0.4 is 11.1 Å². The van der Waals surface area contributed by atoms with E-state index in [2.05, 4.69) is 35.8 Å². The van der Waals surface area contributed by atoms with E-state index in [4.69, 9.17) is 5.73 Å². The minimum atomic E-state index is -0.356. The Kier molecular flexibility index (Phi) is 5.11. The highest BCUT2D eigenvalue weighted by molar-refractivity contribution is 7.98. The fourth-order valence-corrected chi connectivity index (χ4v) is 3.25. The summed E-state index contributed by atoms with van der Waals surface area (Å²) in [5.74, 6) is 0.0466. The molecule has 1 amide bonds. The zero-order valence-electron chi connectivity index (χ0n) is 12.3. The van der Waals surface area contributed by atoms with Gasteiger partial charge in [-0.15, -0.1) is 11.8 Å². The third kappa shape index (κ3) is 3.76. The summed E-state index contributed by atoms with van der Waals surface area (Å²) >= 11 is 1.72. The molecule has 1 aromatic rings. The standard InChI is InChI=1S/C16H24N2OS/c1-16(17)10-4-3-5-14(16)15(19)18-11-12-6-8-13(20-2)9-7-12/h6-9,14H,3-5,10-11,17H2,1-2H3,(H,18,19). The summed E-state index contributed by atoms with van der Waals surface area (Å²) < 4.78 is 0. The zero-order valence-corrected chi connectivity index (χ0v) is 13.1. The lowest BCUT2D eigenvalue weighted by molar-refractivity contribution is -0.128. The number of carbonyl (C=O) groups is 1. The van der Waals surface area contributed by atoms with Gasteiger partial charge in [0.05, 0.1) is 5.92 Å². The average molecular weight is 292 g/mol. The van der Waals surface area contributed by atoms with Crippen molar-refractivity contribution in [2.24, 2.45) is 11.7 Å². The Morgan fingerprint density at radius 2 is 2.10 bits per heavy atom. The van der Waals surface area contributed by atoms with Crippen molar-refractivity contribution < 1.29 is 4.79 Å². The number of nitrogens with two attached hydrogens (primary N) is 1. The van der Waals surface area contributed by atoms with Crippen molar-refractivity contribution in [1.29, 1.82) is 0 Å². The Morgan fingerprint density at radius 3 is 2.70 bits per heavy atom. The van der Waals surface area contributed by atoms with Gasteiger partial charge in [-0.05, 0) is 43.7 Å². The lowest BCUT2D eigenvalue weighted by atomic mass is 9.74. The van der Waals surface area contributed by atoms with Crippen LogP contribution in [0.5, 0.6) is 0 Å². The van der Waals surface area contributed by atoms with Crippen molar-refractivity contribution in [3.05, 3.63) is 29.8 Å². The molecule has 2 unspecified atom stereocenters. The predicted octanol–water partition coefficient (Wildman–Crippen LogP) is 2.93. The van der Waals surface area contributed by atoms with E-state index >= 15 is 0 Å². The molecule has 0 radical (unpaired) electrons. The molecule has 0 heterocycles. The number of rotatable bonds is 4. The number of hydrogen-bond acceptors (Lipinski definition) is 3. The predicted molar refractivity (Wildman–Crippen MR) is 84.6 cm³/mol. The summed E-state index contributed by atoms with van der Waals surface area (Å²) in [6, 6.07) is 8.29. The molecule has 1 aromatic carbocycles. The second-order valence-electron chi connectivity index (χ2n) is 5.87. The summed E-state index contributed by atoms with van der Waals surface area (Å²) in [4.78, 5) is 13.6. The molecule has 0 aliphatic heterocycles. The minimum Gasteiger partial charge on any atom is -0.352 e. The highest BCUT2D eigenvalue weighted by Gasteiger charge is 2.37. The van der Waals surface area contributed by atoms with Crippen molar-refractivity contribution in [2.75, 3.05) is 6.26 Å². The number of benzene rings is 1. The zero-order chi connectivity index (χ0) is 14.6. The van der Waals surface area contributed by atoms with Crippen LogP contribution in [0.4, 0.5) is 0 Å².